The zero-order valence-corrected chi connectivity index (χ0v) is 16.4. The van der Waals surface area contributed by atoms with Crippen molar-refractivity contribution in [3.63, 3.8) is 0 Å². The molecule has 0 unspecified atom stereocenters. The molecule has 0 radical (unpaired) electrons. The number of likely N-dealkylation sites (tertiary alicyclic amines) is 1. The van der Waals surface area contributed by atoms with Gasteiger partial charge in [-0.25, -0.2) is 0 Å². The van der Waals surface area contributed by atoms with Crippen LogP contribution in [-0.4, -0.2) is 55.5 Å². The topological polar surface area (TPSA) is 32.8 Å². The fourth-order valence-corrected chi connectivity index (χ4v) is 3.73. The van der Waals surface area contributed by atoms with Gasteiger partial charge >= 0.3 is 0 Å². The Labute approximate surface area is 162 Å². The molecule has 1 aliphatic heterocycles. The van der Waals surface area contributed by atoms with Gasteiger partial charge in [0.1, 0.15) is 5.75 Å². The number of carbonyl (C=O) groups excluding carboxylic acids is 1. The Hall–Kier alpha value is -2.33. The number of hydrogen-bond acceptors (Lipinski definition) is 3. The van der Waals surface area contributed by atoms with Crippen LogP contribution in [0.4, 0.5) is 0 Å². The third-order valence-electron chi connectivity index (χ3n) is 5.45. The average molecular weight is 367 g/mol. The first-order valence-electron chi connectivity index (χ1n) is 9.80. The summed E-state index contributed by atoms with van der Waals surface area (Å²) in [4.78, 5) is 17.6. The molecule has 27 heavy (non-hydrogen) atoms. The number of rotatable bonds is 7. The summed E-state index contributed by atoms with van der Waals surface area (Å²) < 4.78 is 5.21. The van der Waals surface area contributed by atoms with E-state index in [4.69, 9.17) is 4.74 Å². The Bertz CT molecular complexity index is 707. The summed E-state index contributed by atoms with van der Waals surface area (Å²) in [5.74, 6) is 1.05. The van der Waals surface area contributed by atoms with Gasteiger partial charge in [0.05, 0.1) is 13.5 Å². The Morgan fingerprint density at radius 3 is 2.33 bits per heavy atom. The second-order valence-electron chi connectivity index (χ2n) is 7.38. The van der Waals surface area contributed by atoms with Crippen LogP contribution < -0.4 is 4.74 Å². The van der Waals surface area contributed by atoms with Crippen LogP contribution in [0.2, 0.25) is 0 Å². The lowest BCUT2D eigenvalue weighted by Crippen LogP contribution is -2.47. The first-order valence-corrected chi connectivity index (χ1v) is 9.80. The van der Waals surface area contributed by atoms with Crippen molar-refractivity contribution in [3.8, 4) is 5.75 Å². The average Bonchev–Trinajstić information content (AvgIpc) is 2.71. The van der Waals surface area contributed by atoms with Gasteiger partial charge in [-0.3, -0.25) is 4.79 Å². The molecule has 1 saturated heterocycles. The number of nitrogens with zero attached hydrogens (tertiary/aromatic N) is 2. The van der Waals surface area contributed by atoms with Crippen LogP contribution in [0.3, 0.4) is 0 Å². The molecule has 1 fully saturated rings. The number of benzene rings is 2. The minimum Gasteiger partial charge on any atom is -0.497 e. The predicted molar refractivity (Wildman–Crippen MR) is 109 cm³/mol. The number of methoxy groups -OCH3 is 1. The molecular formula is C23H30N2O2. The fraction of sp³-hybridized carbons (Fsp3) is 0.435. The van der Waals surface area contributed by atoms with Crippen LogP contribution in [0.5, 0.6) is 5.75 Å². The van der Waals surface area contributed by atoms with Crippen molar-refractivity contribution < 1.29 is 9.53 Å². The number of amides is 1. The molecule has 0 aliphatic carbocycles. The first-order chi connectivity index (χ1) is 13.2. The quantitative estimate of drug-likeness (QED) is 0.753. The zero-order chi connectivity index (χ0) is 19.1. The molecule has 3 rings (SSSR count). The van der Waals surface area contributed by atoms with E-state index in [1.165, 1.54) is 5.56 Å². The van der Waals surface area contributed by atoms with Crippen molar-refractivity contribution in [2.24, 2.45) is 0 Å². The van der Waals surface area contributed by atoms with E-state index in [-0.39, 0.29) is 5.91 Å². The van der Waals surface area contributed by atoms with Crippen LogP contribution >= 0.6 is 0 Å². The monoisotopic (exact) mass is 366 g/mol. The van der Waals surface area contributed by atoms with Gasteiger partial charge in [0.25, 0.3) is 0 Å². The van der Waals surface area contributed by atoms with Crippen molar-refractivity contribution in [2.45, 2.75) is 31.7 Å². The lowest BCUT2D eigenvalue weighted by molar-refractivity contribution is -0.133. The highest BCUT2D eigenvalue weighted by Gasteiger charge is 2.26. The fourth-order valence-electron chi connectivity index (χ4n) is 3.73. The number of piperidine rings is 1. The molecule has 144 valence electrons. The minimum absolute atomic E-state index is 0.227. The van der Waals surface area contributed by atoms with E-state index in [0.717, 1.165) is 50.2 Å². The Balaban J connectivity index is 1.68. The SMILES string of the molecule is COc1ccc(CC(=O)N(CCc2ccccc2)C2CCN(C)CC2)cc1. The van der Waals surface area contributed by atoms with Gasteiger partial charge < -0.3 is 14.5 Å². The van der Waals surface area contributed by atoms with Crippen LogP contribution in [0.1, 0.15) is 24.0 Å². The highest BCUT2D eigenvalue weighted by Crippen LogP contribution is 2.19. The molecular weight excluding hydrogens is 336 g/mol. The number of hydrogen-bond donors (Lipinski definition) is 0. The van der Waals surface area contributed by atoms with E-state index in [0.29, 0.717) is 12.5 Å². The number of carbonyl (C=O) groups is 1. The lowest BCUT2D eigenvalue weighted by Gasteiger charge is -2.37. The summed E-state index contributed by atoms with van der Waals surface area (Å²) in [5, 5.41) is 0. The van der Waals surface area contributed by atoms with E-state index in [1.807, 2.05) is 30.3 Å². The molecule has 0 aromatic heterocycles. The molecule has 0 bridgehead atoms. The first kappa shape index (κ1) is 19.4. The summed E-state index contributed by atoms with van der Waals surface area (Å²) >= 11 is 0. The van der Waals surface area contributed by atoms with Crippen LogP contribution in [-0.2, 0) is 17.6 Å². The molecule has 1 heterocycles. The third kappa shape index (κ3) is 5.57. The molecule has 0 spiro atoms. The van der Waals surface area contributed by atoms with Gasteiger partial charge in [0, 0.05) is 12.6 Å². The van der Waals surface area contributed by atoms with Crippen LogP contribution in [0.25, 0.3) is 0 Å². The van der Waals surface area contributed by atoms with Gasteiger partial charge in [-0.1, -0.05) is 42.5 Å². The van der Waals surface area contributed by atoms with Crippen molar-refractivity contribution in [2.75, 3.05) is 33.8 Å². The van der Waals surface area contributed by atoms with Crippen molar-refractivity contribution >= 4 is 5.91 Å². The van der Waals surface area contributed by atoms with Gasteiger partial charge in [0.2, 0.25) is 5.91 Å². The molecule has 1 aliphatic rings. The molecule has 4 heteroatoms. The molecule has 0 saturated carbocycles. The Morgan fingerprint density at radius 2 is 1.70 bits per heavy atom. The maximum Gasteiger partial charge on any atom is 0.227 e. The summed E-state index contributed by atoms with van der Waals surface area (Å²) in [6, 6.07) is 18.6. The van der Waals surface area contributed by atoms with Crippen molar-refractivity contribution in [1.29, 1.82) is 0 Å². The normalized spacial score (nSPS) is 15.5. The standard InChI is InChI=1S/C23H30N2O2/c1-24-15-13-21(14-16-24)25(17-12-19-6-4-3-5-7-19)23(26)18-20-8-10-22(27-2)11-9-20/h3-11,21H,12-18H2,1-2H3. The van der Waals surface area contributed by atoms with Gasteiger partial charge in [-0.05, 0) is 62.7 Å². The van der Waals surface area contributed by atoms with E-state index >= 15 is 0 Å². The van der Waals surface area contributed by atoms with E-state index < -0.39 is 0 Å². The molecule has 0 N–H and O–H groups in total. The zero-order valence-electron chi connectivity index (χ0n) is 16.4. The second-order valence-corrected chi connectivity index (χ2v) is 7.38. The lowest BCUT2D eigenvalue weighted by atomic mass is 10.0. The van der Waals surface area contributed by atoms with E-state index in [9.17, 15) is 4.79 Å². The third-order valence-corrected chi connectivity index (χ3v) is 5.45. The molecule has 1 amide bonds. The predicted octanol–water partition coefficient (Wildman–Crippen LogP) is 3.40. The van der Waals surface area contributed by atoms with E-state index in [1.54, 1.807) is 7.11 Å². The molecule has 2 aromatic rings. The molecule has 2 aromatic carbocycles. The number of ether oxygens (including phenoxy) is 1. The summed E-state index contributed by atoms with van der Waals surface area (Å²) in [7, 11) is 3.81. The Morgan fingerprint density at radius 1 is 1.04 bits per heavy atom. The van der Waals surface area contributed by atoms with Gasteiger partial charge in [-0.15, -0.1) is 0 Å². The van der Waals surface area contributed by atoms with Gasteiger partial charge in [0.15, 0.2) is 0 Å². The highest BCUT2D eigenvalue weighted by molar-refractivity contribution is 5.79. The summed E-state index contributed by atoms with van der Waals surface area (Å²) in [6.07, 6.45) is 3.46. The smallest absolute Gasteiger partial charge is 0.227 e. The maximum absolute atomic E-state index is 13.2. The van der Waals surface area contributed by atoms with Crippen LogP contribution in [0, 0.1) is 0 Å². The van der Waals surface area contributed by atoms with Gasteiger partial charge in [-0.2, -0.15) is 0 Å². The molecule has 0 atom stereocenters. The largest absolute Gasteiger partial charge is 0.497 e. The van der Waals surface area contributed by atoms with Crippen molar-refractivity contribution in [1.82, 2.24) is 9.80 Å². The highest BCUT2D eigenvalue weighted by atomic mass is 16.5. The minimum atomic E-state index is 0.227. The second kappa shape index (κ2) is 9.56. The van der Waals surface area contributed by atoms with Crippen LogP contribution in [0.15, 0.2) is 54.6 Å². The summed E-state index contributed by atoms with van der Waals surface area (Å²) in [6.45, 7) is 2.90. The van der Waals surface area contributed by atoms with Crippen molar-refractivity contribution in [3.05, 3.63) is 65.7 Å². The molecule has 4 nitrogen and oxygen atoms in total. The summed E-state index contributed by atoms with van der Waals surface area (Å²) in [5.41, 5.74) is 2.33. The maximum atomic E-state index is 13.2. The van der Waals surface area contributed by atoms with E-state index in [2.05, 4.69) is 41.1 Å². The Kier molecular flexibility index (Phi) is 6.88.